The van der Waals surface area contributed by atoms with Gasteiger partial charge in [-0.25, -0.2) is 0 Å². The number of hydrogen-bond donors (Lipinski definition) is 2. The SMILES string of the molecule is COCCNCc1cccn1CCC(=O)NC(C)C. The first kappa shape index (κ1) is 15.7. The summed E-state index contributed by atoms with van der Waals surface area (Å²) < 4.78 is 7.10. The van der Waals surface area contributed by atoms with Gasteiger partial charge in [-0.05, 0) is 26.0 Å². The minimum Gasteiger partial charge on any atom is -0.383 e. The highest BCUT2D eigenvalue weighted by molar-refractivity contribution is 5.76. The van der Waals surface area contributed by atoms with Gasteiger partial charge in [0.05, 0.1) is 6.61 Å². The van der Waals surface area contributed by atoms with Gasteiger partial charge in [0, 0.05) is 51.1 Å². The molecule has 1 amide bonds. The Bertz CT molecular complexity index is 375. The smallest absolute Gasteiger partial charge is 0.221 e. The highest BCUT2D eigenvalue weighted by atomic mass is 16.5. The summed E-state index contributed by atoms with van der Waals surface area (Å²) in [5.41, 5.74) is 1.19. The van der Waals surface area contributed by atoms with Crippen molar-refractivity contribution in [2.45, 2.75) is 39.4 Å². The van der Waals surface area contributed by atoms with Crippen molar-refractivity contribution in [1.82, 2.24) is 15.2 Å². The zero-order valence-corrected chi connectivity index (χ0v) is 12.1. The van der Waals surface area contributed by atoms with Crippen LogP contribution in [0.2, 0.25) is 0 Å². The first-order chi connectivity index (χ1) is 9.13. The Balaban J connectivity index is 2.33. The average Bonchev–Trinajstić information content (AvgIpc) is 2.79. The van der Waals surface area contributed by atoms with E-state index in [-0.39, 0.29) is 11.9 Å². The van der Waals surface area contributed by atoms with E-state index >= 15 is 0 Å². The molecule has 0 aliphatic heterocycles. The summed E-state index contributed by atoms with van der Waals surface area (Å²) >= 11 is 0. The maximum absolute atomic E-state index is 11.6. The van der Waals surface area contributed by atoms with Gasteiger partial charge in [-0.3, -0.25) is 4.79 Å². The van der Waals surface area contributed by atoms with Crippen LogP contribution in [0.25, 0.3) is 0 Å². The van der Waals surface area contributed by atoms with Gasteiger partial charge < -0.3 is 19.9 Å². The van der Waals surface area contributed by atoms with Crippen molar-refractivity contribution in [2.75, 3.05) is 20.3 Å². The van der Waals surface area contributed by atoms with Gasteiger partial charge >= 0.3 is 0 Å². The third kappa shape index (κ3) is 6.40. The summed E-state index contributed by atoms with van der Waals surface area (Å²) in [7, 11) is 1.69. The molecule has 5 nitrogen and oxygen atoms in total. The summed E-state index contributed by atoms with van der Waals surface area (Å²) in [6.45, 7) is 6.99. The first-order valence-corrected chi connectivity index (χ1v) is 6.76. The molecule has 2 N–H and O–H groups in total. The van der Waals surface area contributed by atoms with Gasteiger partial charge in [-0.1, -0.05) is 0 Å². The Labute approximate surface area is 115 Å². The molecular weight excluding hydrogens is 242 g/mol. The van der Waals surface area contributed by atoms with Crippen molar-refractivity contribution in [3.8, 4) is 0 Å². The Kier molecular flexibility index (Phi) is 7.22. The van der Waals surface area contributed by atoms with Gasteiger partial charge in [0.2, 0.25) is 5.91 Å². The third-order valence-electron chi connectivity index (χ3n) is 2.74. The second kappa shape index (κ2) is 8.72. The fourth-order valence-electron chi connectivity index (χ4n) is 1.83. The second-order valence-corrected chi connectivity index (χ2v) is 4.83. The Hall–Kier alpha value is -1.33. The third-order valence-corrected chi connectivity index (χ3v) is 2.74. The molecule has 1 heterocycles. The van der Waals surface area contributed by atoms with Crippen LogP contribution in [0.1, 0.15) is 26.0 Å². The van der Waals surface area contributed by atoms with E-state index in [4.69, 9.17) is 4.74 Å². The minimum absolute atomic E-state index is 0.0991. The molecule has 0 fully saturated rings. The van der Waals surface area contributed by atoms with Crippen molar-refractivity contribution >= 4 is 5.91 Å². The monoisotopic (exact) mass is 267 g/mol. The highest BCUT2D eigenvalue weighted by Crippen LogP contribution is 2.03. The van der Waals surface area contributed by atoms with Crippen LogP contribution >= 0.6 is 0 Å². The van der Waals surface area contributed by atoms with Crippen molar-refractivity contribution in [1.29, 1.82) is 0 Å². The maximum Gasteiger partial charge on any atom is 0.221 e. The molecule has 1 aromatic heterocycles. The second-order valence-electron chi connectivity index (χ2n) is 4.83. The molecule has 0 saturated carbocycles. The number of nitrogens with one attached hydrogen (secondary N) is 2. The van der Waals surface area contributed by atoms with E-state index in [0.717, 1.165) is 13.1 Å². The fraction of sp³-hybridized carbons (Fsp3) is 0.643. The molecule has 0 saturated heterocycles. The standard InChI is InChI=1S/C14H25N3O2/c1-12(2)16-14(18)6-9-17-8-4-5-13(17)11-15-7-10-19-3/h4-5,8,12,15H,6-7,9-11H2,1-3H3,(H,16,18). The fourth-order valence-corrected chi connectivity index (χ4v) is 1.83. The molecule has 0 spiro atoms. The molecule has 1 rings (SSSR count). The van der Waals surface area contributed by atoms with Crippen LogP contribution in [0.3, 0.4) is 0 Å². The zero-order chi connectivity index (χ0) is 14.1. The van der Waals surface area contributed by atoms with E-state index in [1.165, 1.54) is 5.69 Å². The Morgan fingerprint density at radius 1 is 1.47 bits per heavy atom. The van der Waals surface area contributed by atoms with Gasteiger partial charge in [-0.2, -0.15) is 0 Å². The molecular formula is C14H25N3O2. The number of ether oxygens (including phenoxy) is 1. The van der Waals surface area contributed by atoms with Crippen molar-refractivity contribution < 1.29 is 9.53 Å². The summed E-state index contributed by atoms with van der Waals surface area (Å²) in [6, 6.07) is 4.28. The quantitative estimate of drug-likeness (QED) is 0.660. The van der Waals surface area contributed by atoms with Crippen LogP contribution in [-0.4, -0.2) is 36.8 Å². The lowest BCUT2D eigenvalue weighted by Crippen LogP contribution is -2.30. The number of rotatable bonds is 9. The van der Waals surface area contributed by atoms with Crippen molar-refractivity contribution in [3.05, 3.63) is 24.0 Å². The largest absolute Gasteiger partial charge is 0.383 e. The van der Waals surface area contributed by atoms with E-state index in [1.807, 2.05) is 26.1 Å². The van der Waals surface area contributed by atoms with E-state index in [9.17, 15) is 4.79 Å². The molecule has 0 aliphatic rings. The lowest BCUT2D eigenvalue weighted by Gasteiger charge is -2.11. The molecule has 0 unspecified atom stereocenters. The van der Waals surface area contributed by atoms with Crippen LogP contribution in [-0.2, 0) is 22.6 Å². The zero-order valence-electron chi connectivity index (χ0n) is 12.1. The van der Waals surface area contributed by atoms with E-state index in [0.29, 0.717) is 19.6 Å². The summed E-state index contributed by atoms with van der Waals surface area (Å²) in [5.74, 6) is 0.0991. The van der Waals surface area contributed by atoms with Crippen LogP contribution < -0.4 is 10.6 Å². The summed E-state index contributed by atoms with van der Waals surface area (Å²) in [5, 5.41) is 6.20. The van der Waals surface area contributed by atoms with Gasteiger partial charge in [0.15, 0.2) is 0 Å². The number of carbonyl (C=O) groups excluding carboxylic acids is 1. The molecule has 108 valence electrons. The molecule has 0 aromatic carbocycles. The van der Waals surface area contributed by atoms with Gasteiger partial charge in [-0.15, -0.1) is 0 Å². The van der Waals surface area contributed by atoms with E-state index in [1.54, 1.807) is 7.11 Å². The normalized spacial score (nSPS) is 10.9. The van der Waals surface area contributed by atoms with Crippen LogP contribution in [0.4, 0.5) is 0 Å². The Morgan fingerprint density at radius 3 is 2.95 bits per heavy atom. The Morgan fingerprint density at radius 2 is 2.26 bits per heavy atom. The van der Waals surface area contributed by atoms with Crippen molar-refractivity contribution in [3.63, 3.8) is 0 Å². The topological polar surface area (TPSA) is 55.3 Å². The maximum atomic E-state index is 11.6. The lowest BCUT2D eigenvalue weighted by molar-refractivity contribution is -0.121. The molecule has 1 aromatic rings. The molecule has 0 atom stereocenters. The summed E-state index contributed by atoms with van der Waals surface area (Å²) in [6.07, 6.45) is 2.52. The number of carbonyl (C=O) groups is 1. The molecule has 0 aliphatic carbocycles. The van der Waals surface area contributed by atoms with Crippen molar-refractivity contribution in [2.24, 2.45) is 0 Å². The number of hydrogen-bond acceptors (Lipinski definition) is 3. The van der Waals surface area contributed by atoms with Gasteiger partial charge in [0.1, 0.15) is 0 Å². The predicted molar refractivity (Wildman–Crippen MR) is 75.9 cm³/mol. The average molecular weight is 267 g/mol. The molecule has 0 bridgehead atoms. The minimum atomic E-state index is 0.0991. The van der Waals surface area contributed by atoms with Gasteiger partial charge in [0.25, 0.3) is 0 Å². The number of aromatic nitrogens is 1. The van der Waals surface area contributed by atoms with E-state index < -0.39 is 0 Å². The number of nitrogens with zero attached hydrogens (tertiary/aromatic N) is 1. The molecule has 5 heteroatoms. The van der Waals surface area contributed by atoms with Crippen LogP contribution in [0.15, 0.2) is 18.3 Å². The predicted octanol–water partition coefficient (Wildman–Crippen LogP) is 1.14. The van der Waals surface area contributed by atoms with Crippen LogP contribution in [0.5, 0.6) is 0 Å². The number of aryl methyl sites for hydroxylation is 1. The number of methoxy groups -OCH3 is 1. The lowest BCUT2D eigenvalue weighted by atomic mass is 10.3. The summed E-state index contributed by atoms with van der Waals surface area (Å²) in [4.78, 5) is 11.6. The molecule has 0 radical (unpaired) electrons. The first-order valence-electron chi connectivity index (χ1n) is 6.76. The number of amides is 1. The molecule has 19 heavy (non-hydrogen) atoms. The van der Waals surface area contributed by atoms with E-state index in [2.05, 4.69) is 21.3 Å². The highest BCUT2D eigenvalue weighted by Gasteiger charge is 2.05. The van der Waals surface area contributed by atoms with Crippen LogP contribution in [0, 0.1) is 0 Å².